The highest BCUT2D eigenvalue weighted by Crippen LogP contribution is 2.18. The number of aryl methyl sites for hydroxylation is 1. The predicted octanol–water partition coefficient (Wildman–Crippen LogP) is 3.01. The molecule has 0 saturated carbocycles. The Morgan fingerprint density at radius 3 is 2.46 bits per heavy atom. The molecule has 13 heavy (non-hydrogen) atoms. The second kappa shape index (κ2) is 4.12. The first-order chi connectivity index (χ1) is 5.99. The summed E-state index contributed by atoms with van der Waals surface area (Å²) in [5.41, 5.74) is 6.96. The van der Waals surface area contributed by atoms with Crippen LogP contribution in [0.1, 0.15) is 25.8 Å². The minimum Gasteiger partial charge on any atom is -0.326 e. The first-order valence-corrected chi connectivity index (χ1v) is 4.89. The van der Waals surface area contributed by atoms with Gasteiger partial charge < -0.3 is 5.73 Å². The molecule has 0 radical (unpaired) electrons. The topological polar surface area (TPSA) is 26.0 Å². The summed E-state index contributed by atoms with van der Waals surface area (Å²) in [5, 5.41) is 0.840. The molecule has 1 aromatic carbocycles. The van der Waals surface area contributed by atoms with Crippen molar-refractivity contribution in [3.05, 3.63) is 34.9 Å². The molecule has 2 heteroatoms. The van der Waals surface area contributed by atoms with Gasteiger partial charge in [0.15, 0.2) is 0 Å². The third kappa shape index (κ3) is 3.79. The molecule has 0 saturated heterocycles. The normalized spacial score (nSPS) is 11.7. The van der Waals surface area contributed by atoms with E-state index in [2.05, 4.69) is 0 Å². The molecule has 0 unspecified atom stereocenters. The number of rotatable bonds is 3. The average Bonchev–Trinajstić information content (AvgIpc) is 2.01. The minimum absolute atomic E-state index is 0.112. The number of benzene rings is 1. The molecule has 1 nitrogen and oxygen atoms in total. The molecule has 0 aliphatic heterocycles. The molecule has 0 aromatic heterocycles. The maximum atomic E-state index is 6.01. The Morgan fingerprint density at radius 2 is 1.92 bits per heavy atom. The fourth-order valence-corrected chi connectivity index (χ4v) is 1.39. The Morgan fingerprint density at radius 1 is 1.31 bits per heavy atom. The van der Waals surface area contributed by atoms with E-state index in [0.29, 0.717) is 0 Å². The smallest absolute Gasteiger partial charge is 0.0437 e. The SMILES string of the molecule is CC(C)(N)CCc1ccccc1Cl. The van der Waals surface area contributed by atoms with Crippen molar-refractivity contribution in [2.24, 2.45) is 5.73 Å². The van der Waals surface area contributed by atoms with Crippen LogP contribution in [-0.4, -0.2) is 5.54 Å². The van der Waals surface area contributed by atoms with E-state index in [4.69, 9.17) is 17.3 Å². The van der Waals surface area contributed by atoms with Crippen LogP contribution in [0.5, 0.6) is 0 Å². The van der Waals surface area contributed by atoms with Crippen molar-refractivity contribution in [3.8, 4) is 0 Å². The van der Waals surface area contributed by atoms with Crippen molar-refractivity contribution < 1.29 is 0 Å². The van der Waals surface area contributed by atoms with Crippen LogP contribution >= 0.6 is 11.6 Å². The summed E-state index contributed by atoms with van der Waals surface area (Å²) in [4.78, 5) is 0. The predicted molar refractivity (Wildman–Crippen MR) is 58.0 cm³/mol. The quantitative estimate of drug-likeness (QED) is 0.792. The van der Waals surface area contributed by atoms with Crippen molar-refractivity contribution >= 4 is 11.6 Å². The zero-order valence-corrected chi connectivity index (χ0v) is 8.93. The lowest BCUT2D eigenvalue weighted by Crippen LogP contribution is -2.32. The zero-order valence-electron chi connectivity index (χ0n) is 8.18. The van der Waals surface area contributed by atoms with Gasteiger partial charge in [-0.05, 0) is 38.3 Å². The maximum absolute atomic E-state index is 6.01. The Kier molecular flexibility index (Phi) is 3.34. The molecular formula is C11H16ClN. The van der Waals surface area contributed by atoms with E-state index in [9.17, 15) is 0 Å². The fourth-order valence-electron chi connectivity index (χ4n) is 1.16. The van der Waals surface area contributed by atoms with Gasteiger partial charge in [0.1, 0.15) is 0 Å². The monoisotopic (exact) mass is 197 g/mol. The van der Waals surface area contributed by atoms with E-state index in [-0.39, 0.29) is 5.54 Å². The molecule has 2 N–H and O–H groups in total. The first-order valence-electron chi connectivity index (χ1n) is 4.51. The summed E-state index contributed by atoms with van der Waals surface area (Å²) in [6.45, 7) is 4.06. The molecule has 0 fully saturated rings. The van der Waals surface area contributed by atoms with Gasteiger partial charge in [0.25, 0.3) is 0 Å². The van der Waals surface area contributed by atoms with Gasteiger partial charge in [-0.1, -0.05) is 29.8 Å². The number of hydrogen-bond acceptors (Lipinski definition) is 1. The number of hydrogen-bond donors (Lipinski definition) is 1. The number of halogens is 1. The highest BCUT2D eigenvalue weighted by molar-refractivity contribution is 6.31. The second-order valence-corrected chi connectivity index (χ2v) is 4.49. The third-order valence-electron chi connectivity index (χ3n) is 2.00. The van der Waals surface area contributed by atoms with Gasteiger partial charge in [0, 0.05) is 10.6 Å². The van der Waals surface area contributed by atoms with Gasteiger partial charge in [0.05, 0.1) is 0 Å². The third-order valence-corrected chi connectivity index (χ3v) is 2.37. The van der Waals surface area contributed by atoms with Crippen molar-refractivity contribution in [3.63, 3.8) is 0 Å². The lowest BCUT2D eigenvalue weighted by molar-refractivity contribution is 0.477. The molecule has 0 heterocycles. The van der Waals surface area contributed by atoms with Gasteiger partial charge in [0.2, 0.25) is 0 Å². The summed E-state index contributed by atoms with van der Waals surface area (Å²) in [6.07, 6.45) is 1.90. The van der Waals surface area contributed by atoms with Crippen LogP contribution in [-0.2, 0) is 6.42 Å². The second-order valence-electron chi connectivity index (χ2n) is 4.08. The fraction of sp³-hybridized carbons (Fsp3) is 0.455. The Labute approximate surface area is 84.9 Å². The van der Waals surface area contributed by atoms with Crippen LogP contribution in [0.15, 0.2) is 24.3 Å². The molecule has 72 valence electrons. The van der Waals surface area contributed by atoms with Gasteiger partial charge >= 0.3 is 0 Å². The Hall–Kier alpha value is -0.530. The molecular weight excluding hydrogens is 182 g/mol. The van der Waals surface area contributed by atoms with E-state index in [1.807, 2.05) is 38.1 Å². The summed E-state index contributed by atoms with van der Waals surface area (Å²) in [5.74, 6) is 0. The van der Waals surface area contributed by atoms with Crippen LogP contribution < -0.4 is 5.73 Å². The van der Waals surface area contributed by atoms with E-state index < -0.39 is 0 Å². The van der Waals surface area contributed by atoms with Crippen LogP contribution in [0.4, 0.5) is 0 Å². The lowest BCUT2D eigenvalue weighted by Gasteiger charge is -2.18. The maximum Gasteiger partial charge on any atom is 0.0437 e. The van der Waals surface area contributed by atoms with E-state index >= 15 is 0 Å². The van der Waals surface area contributed by atoms with Gasteiger partial charge in [-0.15, -0.1) is 0 Å². The molecule has 0 atom stereocenters. The van der Waals surface area contributed by atoms with Crippen LogP contribution in [0, 0.1) is 0 Å². The molecule has 0 aliphatic rings. The molecule has 0 aliphatic carbocycles. The molecule has 1 rings (SSSR count). The van der Waals surface area contributed by atoms with Crippen LogP contribution in [0.2, 0.25) is 5.02 Å². The van der Waals surface area contributed by atoms with Crippen molar-refractivity contribution in [2.45, 2.75) is 32.2 Å². The molecule has 1 aromatic rings. The molecule has 0 spiro atoms. The largest absolute Gasteiger partial charge is 0.326 e. The highest BCUT2D eigenvalue weighted by Gasteiger charge is 2.11. The van der Waals surface area contributed by atoms with Crippen molar-refractivity contribution in [1.82, 2.24) is 0 Å². The zero-order chi connectivity index (χ0) is 9.90. The highest BCUT2D eigenvalue weighted by atomic mass is 35.5. The lowest BCUT2D eigenvalue weighted by atomic mass is 9.97. The Bertz CT molecular complexity index is 276. The molecule has 0 amide bonds. The average molecular weight is 198 g/mol. The van der Waals surface area contributed by atoms with Gasteiger partial charge in [-0.3, -0.25) is 0 Å². The number of nitrogens with two attached hydrogens (primary N) is 1. The minimum atomic E-state index is -0.112. The molecule has 0 bridgehead atoms. The van der Waals surface area contributed by atoms with Crippen molar-refractivity contribution in [1.29, 1.82) is 0 Å². The van der Waals surface area contributed by atoms with E-state index in [1.54, 1.807) is 0 Å². The Balaban J connectivity index is 2.60. The summed E-state index contributed by atoms with van der Waals surface area (Å²) in [7, 11) is 0. The van der Waals surface area contributed by atoms with E-state index in [1.165, 1.54) is 5.56 Å². The van der Waals surface area contributed by atoms with Gasteiger partial charge in [-0.2, -0.15) is 0 Å². The van der Waals surface area contributed by atoms with E-state index in [0.717, 1.165) is 17.9 Å². The first kappa shape index (κ1) is 10.6. The van der Waals surface area contributed by atoms with Crippen LogP contribution in [0.3, 0.4) is 0 Å². The summed E-state index contributed by atoms with van der Waals surface area (Å²) >= 11 is 6.01. The summed E-state index contributed by atoms with van der Waals surface area (Å²) < 4.78 is 0. The standard InChI is InChI=1S/C11H16ClN/c1-11(2,13)8-7-9-5-3-4-6-10(9)12/h3-6H,7-8,13H2,1-2H3. The van der Waals surface area contributed by atoms with Gasteiger partial charge in [-0.25, -0.2) is 0 Å². The van der Waals surface area contributed by atoms with Crippen LogP contribution in [0.25, 0.3) is 0 Å². The van der Waals surface area contributed by atoms with Crippen molar-refractivity contribution in [2.75, 3.05) is 0 Å². The summed E-state index contributed by atoms with van der Waals surface area (Å²) in [6, 6.07) is 7.92.